The van der Waals surface area contributed by atoms with Crippen LogP contribution in [0.15, 0.2) is 30.5 Å². The molecule has 1 aliphatic rings. The molecular weight excluding hydrogens is 262 g/mol. The second kappa shape index (κ2) is 6.41. The lowest BCUT2D eigenvalue weighted by atomic mass is 10.1. The summed E-state index contributed by atoms with van der Waals surface area (Å²) >= 11 is 0. The Bertz CT molecular complexity index is 614. The van der Waals surface area contributed by atoms with Gasteiger partial charge in [0, 0.05) is 37.8 Å². The smallest absolute Gasteiger partial charge is 0.136 e. The van der Waals surface area contributed by atoms with Gasteiger partial charge in [-0.25, -0.2) is 4.98 Å². The van der Waals surface area contributed by atoms with E-state index in [9.17, 15) is 0 Å². The van der Waals surface area contributed by atoms with Gasteiger partial charge in [0.1, 0.15) is 5.82 Å². The number of anilines is 1. The summed E-state index contributed by atoms with van der Waals surface area (Å²) in [6.45, 7) is 5.73. The second-order valence-electron chi connectivity index (χ2n) is 5.66. The molecule has 1 aromatic carbocycles. The van der Waals surface area contributed by atoms with Gasteiger partial charge in [0.25, 0.3) is 0 Å². The molecule has 1 N–H and O–H groups in total. The van der Waals surface area contributed by atoms with E-state index in [1.165, 1.54) is 16.3 Å². The van der Waals surface area contributed by atoms with Crippen molar-refractivity contribution >= 4 is 16.6 Å². The van der Waals surface area contributed by atoms with E-state index in [-0.39, 0.29) is 6.10 Å². The van der Waals surface area contributed by atoms with Gasteiger partial charge in [-0.15, -0.1) is 0 Å². The van der Waals surface area contributed by atoms with E-state index in [1.807, 2.05) is 13.2 Å². The summed E-state index contributed by atoms with van der Waals surface area (Å²) < 4.78 is 5.75. The summed E-state index contributed by atoms with van der Waals surface area (Å²) in [6, 6.07) is 8.55. The molecule has 1 unspecified atom stereocenters. The molecule has 1 aromatic heterocycles. The molecule has 0 bridgehead atoms. The average Bonchev–Trinajstić information content (AvgIpc) is 2.72. The van der Waals surface area contributed by atoms with Gasteiger partial charge in [-0.05, 0) is 31.3 Å². The van der Waals surface area contributed by atoms with Gasteiger partial charge in [-0.3, -0.25) is 0 Å². The van der Waals surface area contributed by atoms with Crippen molar-refractivity contribution in [2.75, 3.05) is 31.6 Å². The first-order valence-corrected chi connectivity index (χ1v) is 7.67. The van der Waals surface area contributed by atoms with Crippen LogP contribution in [-0.2, 0) is 11.3 Å². The van der Waals surface area contributed by atoms with Crippen molar-refractivity contribution < 1.29 is 4.74 Å². The van der Waals surface area contributed by atoms with Crippen LogP contribution in [0.5, 0.6) is 0 Å². The van der Waals surface area contributed by atoms with Crippen molar-refractivity contribution in [1.29, 1.82) is 0 Å². The molecule has 2 heterocycles. The fraction of sp³-hybridized carbons (Fsp3) is 0.471. The Kier molecular flexibility index (Phi) is 4.36. The van der Waals surface area contributed by atoms with Crippen LogP contribution in [0.1, 0.15) is 18.9 Å². The third-order valence-corrected chi connectivity index (χ3v) is 3.98. The van der Waals surface area contributed by atoms with Gasteiger partial charge in [0.15, 0.2) is 0 Å². The Labute approximate surface area is 126 Å². The van der Waals surface area contributed by atoms with E-state index in [4.69, 9.17) is 9.72 Å². The molecule has 1 fully saturated rings. The molecule has 2 aromatic rings. The fourth-order valence-electron chi connectivity index (χ4n) is 3.01. The lowest BCUT2D eigenvalue weighted by Gasteiger charge is -2.25. The number of nitrogens with one attached hydrogen (secondary N) is 1. The monoisotopic (exact) mass is 285 g/mol. The Morgan fingerprint density at radius 2 is 2.14 bits per heavy atom. The van der Waals surface area contributed by atoms with E-state index in [0.717, 1.165) is 38.5 Å². The highest BCUT2D eigenvalue weighted by Gasteiger charge is 2.19. The minimum atomic E-state index is 0.255. The predicted octanol–water partition coefficient (Wildman–Crippen LogP) is 2.57. The van der Waals surface area contributed by atoms with Gasteiger partial charge >= 0.3 is 0 Å². The first-order chi connectivity index (χ1) is 10.3. The summed E-state index contributed by atoms with van der Waals surface area (Å²) in [5.41, 5.74) is 1.25. The van der Waals surface area contributed by atoms with Gasteiger partial charge in [0.05, 0.1) is 6.10 Å². The maximum atomic E-state index is 5.75. The molecule has 0 saturated carbocycles. The van der Waals surface area contributed by atoms with Crippen LogP contribution in [0.2, 0.25) is 0 Å². The Morgan fingerprint density at radius 1 is 1.33 bits per heavy atom. The minimum absolute atomic E-state index is 0.255. The van der Waals surface area contributed by atoms with Crippen molar-refractivity contribution in [3.8, 4) is 0 Å². The highest BCUT2D eigenvalue weighted by Crippen LogP contribution is 2.28. The highest BCUT2D eigenvalue weighted by molar-refractivity contribution is 5.94. The average molecular weight is 285 g/mol. The summed E-state index contributed by atoms with van der Waals surface area (Å²) in [6.07, 6.45) is 3.31. The van der Waals surface area contributed by atoms with Crippen molar-refractivity contribution in [2.24, 2.45) is 0 Å². The van der Waals surface area contributed by atoms with Crippen molar-refractivity contribution in [3.63, 3.8) is 0 Å². The van der Waals surface area contributed by atoms with Gasteiger partial charge in [0.2, 0.25) is 0 Å². The number of pyridine rings is 1. The van der Waals surface area contributed by atoms with Crippen LogP contribution in [0, 0.1) is 0 Å². The number of rotatable bonds is 3. The number of nitrogens with zero attached hydrogens (tertiary/aromatic N) is 2. The maximum Gasteiger partial charge on any atom is 0.136 e. The number of ether oxygens (including phenoxy) is 1. The standard InChI is InChI=1S/C17H23N3O/c1-13-12-20(8-5-9-21-13)17-16-7-4-3-6-15(16)14(10-18-2)11-19-17/h3-4,6-7,11,13,18H,5,8-10,12H2,1-2H3. The molecule has 3 rings (SSSR count). The first kappa shape index (κ1) is 14.3. The van der Waals surface area contributed by atoms with E-state index < -0.39 is 0 Å². The van der Waals surface area contributed by atoms with Crippen LogP contribution in [0.25, 0.3) is 10.8 Å². The van der Waals surface area contributed by atoms with Crippen LogP contribution in [0.3, 0.4) is 0 Å². The molecule has 112 valence electrons. The lowest BCUT2D eigenvalue weighted by Crippen LogP contribution is -2.31. The molecule has 0 aliphatic carbocycles. The highest BCUT2D eigenvalue weighted by atomic mass is 16.5. The first-order valence-electron chi connectivity index (χ1n) is 7.67. The number of hydrogen-bond acceptors (Lipinski definition) is 4. The molecule has 1 aliphatic heterocycles. The normalized spacial score (nSPS) is 19.7. The quantitative estimate of drug-likeness (QED) is 0.940. The molecule has 1 atom stereocenters. The third-order valence-electron chi connectivity index (χ3n) is 3.98. The molecule has 1 saturated heterocycles. The number of benzene rings is 1. The van der Waals surface area contributed by atoms with E-state index in [0.29, 0.717) is 0 Å². The summed E-state index contributed by atoms with van der Waals surface area (Å²) in [7, 11) is 1.97. The van der Waals surface area contributed by atoms with Gasteiger partial charge < -0.3 is 15.0 Å². The second-order valence-corrected chi connectivity index (χ2v) is 5.66. The van der Waals surface area contributed by atoms with Crippen molar-refractivity contribution in [1.82, 2.24) is 10.3 Å². The molecular formula is C17H23N3O. The zero-order valence-electron chi connectivity index (χ0n) is 12.8. The van der Waals surface area contributed by atoms with Gasteiger partial charge in [-0.1, -0.05) is 24.3 Å². The molecule has 0 spiro atoms. The van der Waals surface area contributed by atoms with Gasteiger partial charge in [-0.2, -0.15) is 0 Å². The van der Waals surface area contributed by atoms with Crippen molar-refractivity contribution in [3.05, 3.63) is 36.0 Å². The Balaban J connectivity index is 2.04. The van der Waals surface area contributed by atoms with Crippen LogP contribution in [-0.4, -0.2) is 37.8 Å². The Hall–Kier alpha value is -1.65. The predicted molar refractivity (Wildman–Crippen MR) is 86.8 cm³/mol. The number of aromatic nitrogens is 1. The summed E-state index contributed by atoms with van der Waals surface area (Å²) in [4.78, 5) is 7.12. The van der Waals surface area contributed by atoms with Crippen LogP contribution < -0.4 is 10.2 Å². The zero-order chi connectivity index (χ0) is 14.7. The lowest BCUT2D eigenvalue weighted by molar-refractivity contribution is 0.0820. The van der Waals surface area contributed by atoms with E-state index >= 15 is 0 Å². The molecule has 21 heavy (non-hydrogen) atoms. The van der Waals surface area contributed by atoms with E-state index in [2.05, 4.69) is 41.4 Å². The zero-order valence-corrected chi connectivity index (χ0v) is 12.8. The third kappa shape index (κ3) is 3.01. The minimum Gasteiger partial charge on any atom is -0.377 e. The molecule has 4 nitrogen and oxygen atoms in total. The van der Waals surface area contributed by atoms with Crippen LogP contribution in [0.4, 0.5) is 5.82 Å². The molecule has 4 heteroatoms. The number of hydrogen-bond donors (Lipinski definition) is 1. The molecule has 0 radical (unpaired) electrons. The van der Waals surface area contributed by atoms with Crippen molar-refractivity contribution in [2.45, 2.75) is 26.0 Å². The SMILES string of the molecule is CNCc1cnc(N2CCCOC(C)C2)c2ccccc12. The fourth-order valence-corrected chi connectivity index (χ4v) is 3.01. The summed E-state index contributed by atoms with van der Waals surface area (Å²) in [5, 5.41) is 5.74. The molecule has 0 amide bonds. The maximum absolute atomic E-state index is 5.75. The topological polar surface area (TPSA) is 37.4 Å². The Morgan fingerprint density at radius 3 is 2.95 bits per heavy atom. The van der Waals surface area contributed by atoms with Crippen LogP contribution >= 0.6 is 0 Å². The largest absolute Gasteiger partial charge is 0.377 e. The van der Waals surface area contributed by atoms with E-state index in [1.54, 1.807) is 0 Å². The summed E-state index contributed by atoms with van der Waals surface area (Å²) in [5.74, 6) is 1.09. The number of fused-ring (bicyclic) bond motifs is 1.